The van der Waals surface area contributed by atoms with Crippen LogP contribution in [0.5, 0.6) is 17.2 Å². The molecule has 0 aliphatic carbocycles. The largest absolute Gasteiger partial charge is 0.493 e. The summed E-state index contributed by atoms with van der Waals surface area (Å²) in [5.41, 5.74) is 2.26. The number of methoxy groups -OCH3 is 1. The molecule has 1 aliphatic heterocycles. The summed E-state index contributed by atoms with van der Waals surface area (Å²) in [6, 6.07) is 3.97. The van der Waals surface area contributed by atoms with E-state index in [-0.39, 0.29) is 6.79 Å². The van der Waals surface area contributed by atoms with Crippen LogP contribution in [0.1, 0.15) is 16.3 Å². The summed E-state index contributed by atoms with van der Waals surface area (Å²) < 4.78 is 16.1. The van der Waals surface area contributed by atoms with Gasteiger partial charge in [-0.3, -0.25) is 0 Å². The normalized spacial score (nSPS) is 12.7. The van der Waals surface area contributed by atoms with E-state index in [2.05, 4.69) is 15.7 Å². The molecule has 0 atom stereocenters. The van der Waals surface area contributed by atoms with Gasteiger partial charge in [-0.2, -0.15) is 0 Å². The minimum absolute atomic E-state index is 0.256. The Hall–Kier alpha value is -1.79. The van der Waals surface area contributed by atoms with Crippen molar-refractivity contribution in [2.24, 2.45) is 0 Å². The van der Waals surface area contributed by atoms with Gasteiger partial charge in [0.2, 0.25) is 12.5 Å². The van der Waals surface area contributed by atoms with Gasteiger partial charge >= 0.3 is 0 Å². The fourth-order valence-electron chi connectivity index (χ4n) is 2.26. The fraction of sp³-hybridized carbons (Fsp3) is 0.400. The van der Waals surface area contributed by atoms with Crippen LogP contribution in [0, 0.1) is 6.92 Å². The molecule has 0 saturated heterocycles. The van der Waals surface area contributed by atoms with E-state index in [1.807, 2.05) is 19.1 Å². The quantitative estimate of drug-likeness (QED) is 0.831. The number of nitrogens with one attached hydrogen (secondary N) is 1. The van der Waals surface area contributed by atoms with Gasteiger partial charge < -0.3 is 19.5 Å². The van der Waals surface area contributed by atoms with Gasteiger partial charge in [0.15, 0.2) is 11.5 Å². The number of benzene rings is 1. The van der Waals surface area contributed by atoms with E-state index in [9.17, 15) is 0 Å². The van der Waals surface area contributed by atoms with E-state index in [0.29, 0.717) is 5.75 Å². The first-order chi connectivity index (χ1) is 10.3. The van der Waals surface area contributed by atoms with Crippen molar-refractivity contribution in [1.29, 1.82) is 0 Å². The highest BCUT2D eigenvalue weighted by atomic mass is 32.1. The molecule has 21 heavy (non-hydrogen) atoms. The number of hydrogen-bond donors (Lipinski definition) is 1. The molecular formula is C15H18N2O3S. The van der Waals surface area contributed by atoms with Crippen molar-refractivity contribution in [2.75, 3.05) is 20.4 Å². The first-order valence-electron chi connectivity index (χ1n) is 6.84. The SMILES string of the molecule is COc1cc(CNCCc2csc(C)n2)cc2c1OCO2. The number of ether oxygens (including phenoxy) is 3. The molecule has 2 aromatic rings. The van der Waals surface area contributed by atoms with E-state index in [1.165, 1.54) is 0 Å². The van der Waals surface area contributed by atoms with E-state index in [0.717, 1.165) is 47.3 Å². The molecule has 1 aromatic heterocycles. The maximum atomic E-state index is 5.42. The molecule has 3 rings (SSSR count). The molecule has 112 valence electrons. The summed E-state index contributed by atoms with van der Waals surface area (Å²) in [6.45, 7) is 3.93. The van der Waals surface area contributed by atoms with Crippen molar-refractivity contribution in [3.05, 3.63) is 33.8 Å². The third-order valence-corrected chi connectivity index (χ3v) is 4.09. The summed E-state index contributed by atoms with van der Waals surface area (Å²) in [5.74, 6) is 2.16. The second-order valence-electron chi connectivity index (χ2n) is 4.82. The minimum atomic E-state index is 0.256. The van der Waals surface area contributed by atoms with E-state index in [1.54, 1.807) is 18.4 Å². The lowest BCUT2D eigenvalue weighted by molar-refractivity contribution is 0.171. The van der Waals surface area contributed by atoms with Crippen molar-refractivity contribution in [3.63, 3.8) is 0 Å². The lowest BCUT2D eigenvalue weighted by Crippen LogP contribution is -2.16. The van der Waals surface area contributed by atoms with Gasteiger partial charge in [0.25, 0.3) is 0 Å². The van der Waals surface area contributed by atoms with Crippen LogP contribution in [0.25, 0.3) is 0 Å². The molecule has 0 fully saturated rings. The molecule has 5 nitrogen and oxygen atoms in total. The Bertz CT molecular complexity index is 627. The highest BCUT2D eigenvalue weighted by Crippen LogP contribution is 2.41. The van der Waals surface area contributed by atoms with Crippen molar-refractivity contribution < 1.29 is 14.2 Å². The van der Waals surface area contributed by atoms with Gasteiger partial charge in [-0.15, -0.1) is 11.3 Å². The summed E-state index contributed by atoms with van der Waals surface area (Å²) >= 11 is 1.69. The fourth-order valence-corrected chi connectivity index (χ4v) is 2.91. The van der Waals surface area contributed by atoms with Crippen molar-refractivity contribution in [1.82, 2.24) is 10.3 Å². The predicted octanol–water partition coefficient (Wildman–Crippen LogP) is 2.52. The Labute approximate surface area is 127 Å². The molecule has 0 saturated carbocycles. The van der Waals surface area contributed by atoms with E-state index >= 15 is 0 Å². The second kappa shape index (κ2) is 6.32. The highest BCUT2D eigenvalue weighted by molar-refractivity contribution is 7.09. The van der Waals surface area contributed by atoms with Crippen molar-refractivity contribution >= 4 is 11.3 Å². The number of nitrogens with zero attached hydrogens (tertiary/aromatic N) is 1. The summed E-state index contributed by atoms with van der Waals surface area (Å²) in [4.78, 5) is 4.45. The zero-order valence-electron chi connectivity index (χ0n) is 12.1. The molecular weight excluding hydrogens is 288 g/mol. The third kappa shape index (κ3) is 3.28. The topological polar surface area (TPSA) is 52.6 Å². The molecule has 2 heterocycles. The summed E-state index contributed by atoms with van der Waals surface area (Å²) in [5, 5.41) is 6.64. The van der Waals surface area contributed by atoms with Gasteiger partial charge in [0, 0.05) is 24.9 Å². The molecule has 0 radical (unpaired) electrons. The Kier molecular flexibility index (Phi) is 4.26. The lowest BCUT2D eigenvalue weighted by atomic mass is 10.2. The van der Waals surface area contributed by atoms with Crippen molar-refractivity contribution in [2.45, 2.75) is 19.9 Å². The average molecular weight is 306 g/mol. The van der Waals surface area contributed by atoms with Crippen LogP contribution in [0.15, 0.2) is 17.5 Å². The minimum Gasteiger partial charge on any atom is -0.493 e. The second-order valence-corrected chi connectivity index (χ2v) is 5.88. The van der Waals surface area contributed by atoms with E-state index < -0.39 is 0 Å². The number of fused-ring (bicyclic) bond motifs is 1. The zero-order chi connectivity index (χ0) is 14.7. The maximum absolute atomic E-state index is 5.42. The van der Waals surface area contributed by atoms with Gasteiger partial charge in [0.05, 0.1) is 17.8 Å². The van der Waals surface area contributed by atoms with Gasteiger partial charge in [-0.1, -0.05) is 0 Å². The molecule has 1 aliphatic rings. The molecule has 1 N–H and O–H groups in total. The number of aromatic nitrogens is 1. The van der Waals surface area contributed by atoms with Gasteiger partial charge in [-0.05, 0) is 24.6 Å². The molecule has 1 aromatic carbocycles. The van der Waals surface area contributed by atoms with Crippen molar-refractivity contribution in [3.8, 4) is 17.2 Å². The Morgan fingerprint density at radius 1 is 1.38 bits per heavy atom. The molecule has 6 heteroatoms. The predicted molar refractivity (Wildman–Crippen MR) is 81.4 cm³/mol. The average Bonchev–Trinajstić information content (AvgIpc) is 3.11. The molecule has 0 amide bonds. The van der Waals surface area contributed by atoms with Crippen LogP contribution < -0.4 is 19.5 Å². The lowest BCUT2D eigenvalue weighted by Gasteiger charge is -2.09. The van der Waals surface area contributed by atoms with Crippen LogP contribution in [0.2, 0.25) is 0 Å². The van der Waals surface area contributed by atoms with Gasteiger partial charge in [0.1, 0.15) is 0 Å². The number of hydrogen-bond acceptors (Lipinski definition) is 6. The van der Waals surface area contributed by atoms with Crippen LogP contribution in [0.4, 0.5) is 0 Å². The number of aryl methyl sites for hydroxylation is 1. The zero-order valence-corrected chi connectivity index (χ0v) is 13.0. The standard InChI is InChI=1S/C15H18N2O3S/c1-10-17-12(8-21-10)3-4-16-7-11-5-13(18-2)15-14(6-11)19-9-20-15/h5-6,8,16H,3-4,7,9H2,1-2H3. The van der Waals surface area contributed by atoms with Crippen LogP contribution in [-0.2, 0) is 13.0 Å². The van der Waals surface area contributed by atoms with Crippen LogP contribution in [0.3, 0.4) is 0 Å². The first kappa shape index (κ1) is 14.2. The molecule has 0 unspecified atom stereocenters. The monoisotopic (exact) mass is 306 g/mol. The third-order valence-electron chi connectivity index (χ3n) is 3.27. The Balaban J connectivity index is 1.56. The molecule has 0 bridgehead atoms. The smallest absolute Gasteiger partial charge is 0.231 e. The molecule has 0 spiro atoms. The highest BCUT2D eigenvalue weighted by Gasteiger charge is 2.19. The number of rotatable bonds is 6. The van der Waals surface area contributed by atoms with Gasteiger partial charge in [-0.25, -0.2) is 4.98 Å². The first-order valence-corrected chi connectivity index (χ1v) is 7.72. The summed E-state index contributed by atoms with van der Waals surface area (Å²) in [6.07, 6.45) is 0.937. The number of thiazole rings is 1. The summed E-state index contributed by atoms with van der Waals surface area (Å²) in [7, 11) is 1.64. The van der Waals surface area contributed by atoms with E-state index in [4.69, 9.17) is 14.2 Å². The Morgan fingerprint density at radius 2 is 2.29 bits per heavy atom. The van der Waals surface area contributed by atoms with Crippen LogP contribution in [-0.4, -0.2) is 25.4 Å². The Morgan fingerprint density at radius 3 is 3.05 bits per heavy atom. The van der Waals surface area contributed by atoms with Crippen LogP contribution >= 0.6 is 11.3 Å². The maximum Gasteiger partial charge on any atom is 0.231 e.